The van der Waals surface area contributed by atoms with Crippen LogP contribution in [0, 0.1) is 6.92 Å². The molecule has 0 saturated heterocycles. The predicted molar refractivity (Wildman–Crippen MR) is 199 cm³/mol. The van der Waals surface area contributed by atoms with Gasteiger partial charge in [-0.1, -0.05) is 17.7 Å². The molecule has 11 nitrogen and oxygen atoms in total. The summed E-state index contributed by atoms with van der Waals surface area (Å²) in [5.41, 5.74) is 9.68. The fourth-order valence-electron chi connectivity index (χ4n) is 7.32. The van der Waals surface area contributed by atoms with Crippen molar-refractivity contribution in [1.29, 1.82) is 0 Å². The van der Waals surface area contributed by atoms with Crippen molar-refractivity contribution in [2.45, 2.75) is 69.2 Å². The van der Waals surface area contributed by atoms with Gasteiger partial charge in [-0.15, -0.1) is 11.8 Å². The van der Waals surface area contributed by atoms with E-state index in [0.717, 1.165) is 80.3 Å². The van der Waals surface area contributed by atoms with E-state index in [0.29, 0.717) is 41.5 Å². The summed E-state index contributed by atoms with van der Waals surface area (Å²) in [6.45, 7) is 3.12. The van der Waals surface area contributed by atoms with Crippen LogP contribution in [-0.2, 0) is 73.5 Å². The number of phenolic OH excluding ortho intramolecular Hbond substituents is 1. The molecule has 1 aliphatic rings. The molecule has 1 N–H and O–H groups in total. The number of methoxy groups -OCH3 is 2. The molecule has 3 aromatic heterocycles. The summed E-state index contributed by atoms with van der Waals surface area (Å²) in [4.78, 5) is 28.5. The number of hydrogen-bond donors (Lipinski definition) is 1. The van der Waals surface area contributed by atoms with Gasteiger partial charge in [0.25, 0.3) is 0 Å². The van der Waals surface area contributed by atoms with Crippen molar-refractivity contribution in [3.8, 4) is 16.9 Å². The summed E-state index contributed by atoms with van der Waals surface area (Å²) < 4.78 is 15.7. The highest BCUT2D eigenvalue weighted by Crippen LogP contribution is 2.42. The number of benzene rings is 2. The number of hydrogen-bond acceptors (Lipinski definition) is 9. The van der Waals surface area contributed by atoms with Gasteiger partial charge in [-0.2, -0.15) is 10.2 Å². The number of carbonyl (C=O) groups is 2. The van der Waals surface area contributed by atoms with Crippen molar-refractivity contribution in [2.75, 3.05) is 21.3 Å². The molecule has 0 unspecified atom stereocenters. The molecule has 0 saturated carbocycles. The van der Waals surface area contributed by atoms with Crippen molar-refractivity contribution in [3.63, 3.8) is 0 Å². The fraction of sp³-hybridized carbons (Fsp3) is 0.421. The average molecular weight is 733 g/mol. The molecule has 0 amide bonds. The van der Waals surface area contributed by atoms with Gasteiger partial charge < -0.3 is 19.1 Å². The number of rotatable bonds is 12. The summed E-state index contributed by atoms with van der Waals surface area (Å²) in [6, 6.07) is 9.99. The van der Waals surface area contributed by atoms with Gasteiger partial charge in [0, 0.05) is 79.2 Å². The number of thioether (sulfide) groups is 1. The van der Waals surface area contributed by atoms with E-state index in [1.54, 1.807) is 11.8 Å². The summed E-state index contributed by atoms with van der Waals surface area (Å²) in [6.07, 6.45) is 4.70. The van der Waals surface area contributed by atoms with E-state index in [1.165, 1.54) is 26.2 Å². The molecule has 6 rings (SSSR count). The maximum atomic E-state index is 13.1. The van der Waals surface area contributed by atoms with Crippen LogP contribution in [0.5, 0.6) is 5.75 Å². The number of aromatic hydroxyl groups is 1. The Morgan fingerprint density at radius 3 is 2.51 bits per heavy atom. The highest BCUT2D eigenvalue weighted by atomic mass is 35.5. The van der Waals surface area contributed by atoms with Gasteiger partial charge >= 0.3 is 11.9 Å². The SMILES string of the molecule is COC(=O)CCc1c(C(=O)OC)n(C)c2c(-c3c(CN(C)Cc4cc(CSc5cc(O)c6c(c5)CCCC6)n(C)n4)nn(C)c3C)c(Cl)ccc12. The Balaban J connectivity index is 1.26. The Hall–Kier alpha value is -4.26. The van der Waals surface area contributed by atoms with Crippen LogP contribution in [-0.4, -0.2) is 67.3 Å². The largest absolute Gasteiger partial charge is 0.508 e. The van der Waals surface area contributed by atoms with Crippen molar-refractivity contribution < 1.29 is 24.2 Å². The molecule has 0 atom stereocenters. The summed E-state index contributed by atoms with van der Waals surface area (Å²) in [7, 11) is 10.4. The lowest BCUT2D eigenvalue weighted by molar-refractivity contribution is -0.140. The average Bonchev–Trinajstić information content (AvgIpc) is 3.70. The van der Waals surface area contributed by atoms with E-state index in [4.69, 9.17) is 31.3 Å². The minimum atomic E-state index is -0.493. The van der Waals surface area contributed by atoms with Gasteiger partial charge in [-0.25, -0.2) is 4.79 Å². The van der Waals surface area contributed by atoms with E-state index < -0.39 is 5.97 Å². The molecule has 0 aliphatic heterocycles. The zero-order valence-corrected chi connectivity index (χ0v) is 31.9. The third-order valence-electron chi connectivity index (χ3n) is 9.93. The number of carbonyl (C=O) groups excluding carboxylic acids is 2. The van der Waals surface area contributed by atoms with Crippen LogP contribution in [0.15, 0.2) is 35.2 Å². The molecule has 0 fully saturated rings. The van der Waals surface area contributed by atoms with E-state index in [9.17, 15) is 14.7 Å². The van der Waals surface area contributed by atoms with Crippen molar-refractivity contribution in [3.05, 3.63) is 80.5 Å². The van der Waals surface area contributed by atoms with Gasteiger partial charge in [0.05, 0.1) is 36.1 Å². The standard InChI is InChI=1S/C38H45ClN6O5S/c1-22-34(35-30(39)14-12-28-29(13-15-33(47)49-6)37(38(48)50-7)43(3)36(28)35)31(41-44(22)4)20-42(2)19-24-17-25(45(5)40-24)21-51-26-16-23-10-8-9-11-27(23)32(46)18-26/h12,14,16-18,46H,8-11,13,15,19-21H2,1-7H3. The monoisotopic (exact) mass is 732 g/mol. The minimum absolute atomic E-state index is 0.116. The van der Waals surface area contributed by atoms with Gasteiger partial charge in [-0.3, -0.25) is 19.1 Å². The number of ether oxygens (including phenoxy) is 2. The lowest BCUT2D eigenvalue weighted by Crippen LogP contribution is -2.18. The van der Waals surface area contributed by atoms with Crippen LogP contribution in [0.4, 0.5) is 0 Å². The van der Waals surface area contributed by atoms with Crippen molar-refractivity contribution in [2.24, 2.45) is 21.1 Å². The van der Waals surface area contributed by atoms with E-state index in [-0.39, 0.29) is 12.4 Å². The van der Waals surface area contributed by atoms with Gasteiger partial charge in [0.2, 0.25) is 0 Å². The smallest absolute Gasteiger partial charge is 0.354 e. The number of nitrogens with zero attached hydrogens (tertiary/aromatic N) is 6. The fourth-order valence-corrected chi connectivity index (χ4v) is 8.57. The van der Waals surface area contributed by atoms with Crippen molar-refractivity contribution >= 4 is 46.2 Å². The number of fused-ring (bicyclic) bond motifs is 2. The van der Waals surface area contributed by atoms with Crippen LogP contribution in [0.1, 0.15) is 69.2 Å². The third-order valence-corrected chi connectivity index (χ3v) is 11.3. The molecule has 270 valence electrons. The highest BCUT2D eigenvalue weighted by Gasteiger charge is 2.28. The molecule has 0 radical (unpaired) electrons. The zero-order valence-electron chi connectivity index (χ0n) is 30.3. The van der Waals surface area contributed by atoms with E-state index in [1.807, 2.05) is 67.2 Å². The normalized spacial score (nSPS) is 12.9. The quantitative estimate of drug-likeness (QED) is 0.111. The maximum absolute atomic E-state index is 13.1. The predicted octanol–water partition coefficient (Wildman–Crippen LogP) is 6.68. The molecule has 3 heterocycles. The van der Waals surface area contributed by atoms with Crippen LogP contribution in [0.2, 0.25) is 5.02 Å². The van der Waals surface area contributed by atoms with E-state index in [2.05, 4.69) is 17.0 Å². The summed E-state index contributed by atoms with van der Waals surface area (Å²) >= 11 is 8.72. The van der Waals surface area contributed by atoms with Crippen LogP contribution in [0.3, 0.4) is 0 Å². The molecular formula is C38H45ClN6O5S. The lowest BCUT2D eigenvalue weighted by atomic mass is 9.91. The number of halogens is 1. The topological polar surface area (TPSA) is 117 Å². The molecular weight excluding hydrogens is 688 g/mol. The number of esters is 2. The second-order valence-corrected chi connectivity index (χ2v) is 14.8. The molecule has 0 spiro atoms. The molecule has 2 aromatic carbocycles. The zero-order chi connectivity index (χ0) is 36.6. The first-order valence-electron chi connectivity index (χ1n) is 17.1. The first-order valence-corrected chi connectivity index (χ1v) is 18.4. The first kappa shape index (κ1) is 36.5. The van der Waals surface area contributed by atoms with E-state index >= 15 is 0 Å². The Kier molecular flexibility index (Phi) is 10.9. The molecule has 5 aromatic rings. The second kappa shape index (κ2) is 15.1. The van der Waals surface area contributed by atoms with Gasteiger partial charge in [0.1, 0.15) is 11.4 Å². The molecule has 1 aliphatic carbocycles. The maximum Gasteiger partial charge on any atom is 0.354 e. The van der Waals surface area contributed by atoms with Gasteiger partial charge in [0.15, 0.2) is 0 Å². The highest BCUT2D eigenvalue weighted by molar-refractivity contribution is 7.98. The third kappa shape index (κ3) is 7.27. The Bertz CT molecular complexity index is 2130. The Morgan fingerprint density at radius 2 is 1.76 bits per heavy atom. The number of aromatic nitrogens is 5. The Labute approximate surface area is 307 Å². The van der Waals surface area contributed by atoms with Gasteiger partial charge in [-0.05, 0) is 87.0 Å². The molecule has 0 bridgehead atoms. The van der Waals surface area contributed by atoms with Crippen LogP contribution in [0.25, 0.3) is 22.0 Å². The minimum Gasteiger partial charge on any atom is -0.508 e. The number of aryl methyl sites for hydroxylation is 5. The summed E-state index contributed by atoms with van der Waals surface area (Å²) in [5.74, 6) is 0.300. The van der Waals surface area contributed by atoms with Crippen molar-refractivity contribution in [1.82, 2.24) is 29.0 Å². The van der Waals surface area contributed by atoms with Crippen LogP contribution < -0.4 is 0 Å². The first-order chi connectivity index (χ1) is 24.4. The lowest BCUT2D eigenvalue weighted by Gasteiger charge is -2.18. The number of phenols is 1. The summed E-state index contributed by atoms with van der Waals surface area (Å²) in [5, 5.41) is 21.7. The van der Waals surface area contributed by atoms with Crippen LogP contribution >= 0.6 is 23.4 Å². The second-order valence-electron chi connectivity index (χ2n) is 13.3. The molecule has 13 heteroatoms. The Morgan fingerprint density at radius 1 is 1.00 bits per heavy atom. The molecule has 51 heavy (non-hydrogen) atoms.